The molecular weight excluding hydrogens is 248 g/mol. The standard InChI is InChI=1S/C13H18O4.CH4O/c1-2-16-7-8-17-13-5-3-11(4-6-13)9-12(15)10-14;1-2/h3-6,10,12,15H,2,7-9H2,1H3;2H,1H3. The predicted molar refractivity (Wildman–Crippen MR) is 72.3 cm³/mol. The number of aliphatic hydroxyl groups is 2. The molecule has 0 amide bonds. The van der Waals surface area contributed by atoms with Crippen LogP contribution in [-0.4, -0.2) is 49.5 Å². The number of aliphatic hydroxyl groups excluding tert-OH is 2. The summed E-state index contributed by atoms with van der Waals surface area (Å²) in [5.41, 5.74) is 0.904. The molecule has 0 aromatic heterocycles. The van der Waals surface area contributed by atoms with Crippen molar-refractivity contribution in [3.05, 3.63) is 29.8 Å². The molecule has 1 atom stereocenters. The van der Waals surface area contributed by atoms with Gasteiger partial charge in [0, 0.05) is 20.1 Å². The zero-order valence-corrected chi connectivity index (χ0v) is 11.4. The third-order valence-corrected chi connectivity index (χ3v) is 2.23. The van der Waals surface area contributed by atoms with E-state index in [4.69, 9.17) is 19.7 Å². The van der Waals surface area contributed by atoms with Crippen LogP contribution in [0.1, 0.15) is 12.5 Å². The van der Waals surface area contributed by atoms with E-state index in [1.54, 1.807) is 0 Å². The smallest absolute Gasteiger partial charge is 0.148 e. The molecule has 0 saturated heterocycles. The highest BCUT2D eigenvalue weighted by molar-refractivity contribution is 5.56. The van der Waals surface area contributed by atoms with E-state index in [2.05, 4.69) is 0 Å². The average Bonchev–Trinajstić information content (AvgIpc) is 2.47. The molecule has 0 aliphatic rings. The van der Waals surface area contributed by atoms with E-state index in [-0.39, 0.29) is 0 Å². The van der Waals surface area contributed by atoms with E-state index >= 15 is 0 Å². The lowest BCUT2D eigenvalue weighted by Crippen LogP contribution is -2.11. The van der Waals surface area contributed by atoms with Crippen LogP contribution in [0.3, 0.4) is 0 Å². The van der Waals surface area contributed by atoms with E-state index in [9.17, 15) is 4.79 Å². The second kappa shape index (κ2) is 11.6. The molecule has 19 heavy (non-hydrogen) atoms. The summed E-state index contributed by atoms with van der Waals surface area (Å²) in [6.07, 6.45) is -0.0606. The Balaban J connectivity index is 0.00000154. The Morgan fingerprint density at radius 2 is 1.84 bits per heavy atom. The highest BCUT2D eigenvalue weighted by atomic mass is 16.5. The minimum Gasteiger partial charge on any atom is -0.491 e. The Kier molecular flexibility index (Phi) is 10.8. The minimum atomic E-state index is -0.931. The first-order valence-corrected chi connectivity index (χ1v) is 6.13. The molecule has 0 radical (unpaired) electrons. The number of ether oxygens (including phenoxy) is 2. The molecule has 0 fully saturated rings. The van der Waals surface area contributed by atoms with E-state index < -0.39 is 6.10 Å². The van der Waals surface area contributed by atoms with Gasteiger partial charge in [0.1, 0.15) is 24.7 Å². The molecule has 1 rings (SSSR count). The van der Waals surface area contributed by atoms with Gasteiger partial charge in [0.25, 0.3) is 0 Å². The highest BCUT2D eigenvalue weighted by Crippen LogP contribution is 2.13. The fraction of sp³-hybridized carbons (Fsp3) is 0.500. The maximum Gasteiger partial charge on any atom is 0.148 e. The van der Waals surface area contributed by atoms with Crippen LogP contribution in [0.15, 0.2) is 24.3 Å². The highest BCUT2D eigenvalue weighted by Gasteiger charge is 2.03. The Morgan fingerprint density at radius 1 is 1.21 bits per heavy atom. The van der Waals surface area contributed by atoms with Gasteiger partial charge in [-0.05, 0) is 24.6 Å². The van der Waals surface area contributed by atoms with Crippen molar-refractivity contribution in [2.24, 2.45) is 0 Å². The van der Waals surface area contributed by atoms with Gasteiger partial charge in [-0.25, -0.2) is 0 Å². The molecule has 1 aromatic carbocycles. The molecule has 0 aliphatic carbocycles. The summed E-state index contributed by atoms with van der Waals surface area (Å²) in [5.74, 6) is 0.758. The molecule has 0 spiro atoms. The summed E-state index contributed by atoms with van der Waals surface area (Å²) in [7, 11) is 1.00. The van der Waals surface area contributed by atoms with E-state index in [1.165, 1.54) is 0 Å². The van der Waals surface area contributed by atoms with Gasteiger partial charge in [0.05, 0.1) is 6.61 Å². The summed E-state index contributed by atoms with van der Waals surface area (Å²) < 4.78 is 10.6. The summed E-state index contributed by atoms with van der Waals surface area (Å²) >= 11 is 0. The van der Waals surface area contributed by atoms with Crippen molar-refractivity contribution in [1.82, 2.24) is 0 Å². The van der Waals surface area contributed by atoms with Crippen molar-refractivity contribution in [2.75, 3.05) is 26.9 Å². The van der Waals surface area contributed by atoms with E-state index in [0.29, 0.717) is 32.5 Å². The Morgan fingerprint density at radius 3 is 2.37 bits per heavy atom. The lowest BCUT2D eigenvalue weighted by molar-refractivity contribution is -0.114. The topological polar surface area (TPSA) is 76.0 Å². The van der Waals surface area contributed by atoms with Crippen LogP contribution < -0.4 is 4.74 Å². The molecule has 5 heteroatoms. The molecule has 1 unspecified atom stereocenters. The number of carbonyl (C=O) groups excluding carboxylic acids is 1. The Bertz CT molecular complexity index is 323. The van der Waals surface area contributed by atoms with Crippen LogP contribution in [0, 0.1) is 0 Å². The fourth-order valence-corrected chi connectivity index (χ4v) is 1.37. The van der Waals surface area contributed by atoms with Crippen LogP contribution in [0.5, 0.6) is 5.75 Å². The van der Waals surface area contributed by atoms with Crippen LogP contribution >= 0.6 is 0 Å². The van der Waals surface area contributed by atoms with Gasteiger partial charge in [0.15, 0.2) is 0 Å². The lowest BCUT2D eigenvalue weighted by atomic mass is 10.1. The van der Waals surface area contributed by atoms with Gasteiger partial charge < -0.3 is 24.5 Å². The first kappa shape index (κ1) is 17.6. The zero-order valence-electron chi connectivity index (χ0n) is 11.4. The lowest BCUT2D eigenvalue weighted by Gasteiger charge is -2.07. The summed E-state index contributed by atoms with van der Waals surface area (Å²) in [6.45, 7) is 3.71. The van der Waals surface area contributed by atoms with Crippen LogP contribution in [-0.2, 0) is 16.0 Å². The third-order valence-electron chi connectivity index (χ3n) is 2.23. The predicted octanol–water partition coefficient (Wildman–Crippen LogP) is 0.813. The number of rotatable bonds is 8. The molecule has 0 heterocycles. The first-order chi connectivity index (χ1) is 9.26. The van der Waals surface area contributed by atoms with Crippen molar-refractivity contribution in [3.8, 4) is 5.75 Å². The molecule has 1 aromatic rings. The number of hydrogen-bond acceptors (Lipinski definition) is 5. The largest absolute Gasteiger partial charge is 0.491 e. The van der Waals surface area contributed by atoms with Crippen molar-refractivity contribution in [3.63, 3.8) is 0 Å². The van der Waals surface area contributed by atoms with Crippen LogP contribution in [0.2, 0.25) is 0 Å². The van der Waals surface area contributed by atoms with Crippen molar-refractivity contribution in [1.29, 1.82) is 0 Å². The summed E-state index contributed by atoms with van der Waals surface area (Å²) in [5, 5.41) is 16.2. The Hall–Kier alpha value is -1.43. The maximum atomic E-state index is 10.3. The van der Waals surface area contributed by atoms with Gasteiger partial charge in [-0.15, -0.1) is 0 Å². The monoisotopic (exact) mass is 270 g/mol. The fourth-order valence-electron chi connectivity index (χ4n) is 1.37. The molecular formula is C14H22O5. The van der Waals surface area contributed by atoms with Crippen molar-refractivity contribution >= 4 is 6.29 Å². The van der Waals surface area contributed by atoms with Crippen molar-refractivity contribution < 1.29 is 24.5 Å². The van der Waals surface area contributed by atoms with Gasteiger partial charge in [0.2, 0.25) is 0 Å². The second-order valence-corrected chi connectivity index (χ2v) is 3.60. The summed E-state index contributed by atoms with van der Waals surface area (Å²) in [4.78, 5) is 10.3. The summed E-state index contributed by atoms with van der Waals surface area (Å²) in [6, 6.07) is 7.31. The van der Waals surface area contributed by atoms with Gasteiger partial charge >= 0.3 is 0 Å². The minimum absolute atomic E-state index is 0.336. The molecule has 0 bridgehead atoms. The van der Waals surface area contributed by atoms with Crippen LogP contribution in [0.4, 0.5) is 0 Å². The third kappa shape index (κ3) is 8.31. The number of aldehydes is 1. The molecule has 5 nitrogen and oxygen atoms in total. The number of carbonyl (C=O) groups is 1. The zero-order chi connectivity index (χ0) is 14.5. The van der Waals surface area contributed by atoms with Gasteiger partial charge in [-0.3, -0.25) is 0 Å². The van der Waals surface area contributed by atoms with E-state index in [1.807, 2.05) is 31.2 Å². The normalized spacial score (nSPS) is 11.2. The van der Waals surface area contributed by atoms with Gasteiger partial charge in [-0.1, -0.05) is 12.1 Å². The SMILES string of the molecule is CCOCCOc1ccc(CC(O)C=O)cc1.CO. The quantitative estimate of drug-likeness (QED) is 0.540. The molecule has 2 N–H and O–H groups in total. The number of hydrogen-bond donors (Lipinski definition) is 2. The van der Waals surface area contributed by atoms with E-state index in [0.717, 1.165) is 18.4 Å². The second-order valence-electron chi connectivity index (χ2n) is 3.60. The maximum absolute atomic E-state index is 10.3. The molecule has 108 valence electrons. The first-order valence-electron chi connectivity index (χ1n) is 6.13. The van der Waals surface area contributed by atoms with Crippen LogP contribution in [0.25, 0.3) is 0 Å². The number of benzene rings is 1. The molecule has 0 saturated carbocycles. The average molecular weight is 270 g/mol. The van der Waals surface area contributed by atoms with Gasteiger partial charge in [-0.2, -0.15) is 0 Å². The van der Waals surface area contributed by atoms with Crippen molar-refractivity contribution in [2.45, 2.75) is 19.4 Å². The molecule has 0 aliphatic heterocycles. The Labute approximate surface area is 113 Å².